The van der Waals surface area contributed by atoms with E-state index in [1.807, 2.05) is 48.7 Å². The van der Waals surface area contributed by atoms with Crippen molar-refractivity contribution in [3.63, 3.8) is 0 Å². The van der Waals surface area contributed by atoms with Crippen molar-refractivity contribution >= 4 is 17.2 Å². The molecule has 40 heavy (non-hydrogen) atoms. The van der Waals surface area contributed by atoms with Gasteiger partial charge in [0.05, 0.1) is 0 Å². The highest BCUT2D eigenvalue weighted by Gasteiger charge is 2.30. The van der Waals surface area contributed by atoms with E-state index in [2.05, 4.69) is 45.6 Å². The van der Waals surface area contributed by atoms with Crippen molar-refractivity contribution in [3.8, 4) is 17.0 Å². The van der Waals surface area contributed by atoms with E-state index in [4.69, 9.17) is 15.5 Å². The number of nitrogens with one attached hydrogen (secondary N) is 1. The first-order valence-corrected chi connectivity index (χ1v) is 14.5. The number of carbonyl (C=O) groups is 1. The predicted octanol–water partition coefficient (Wildman–Crippen LogP) is 5.29. The van der Waals surface area contributed by atoms with Gasteiger partial charge in [-0.05, 0) is 56.5 Å². The second kappa shape index (κ2) is 13.0. The average Bonchev–Trinajstić information content (AvgIpc) is 3.40. The Labute approximate surface area is 236 Å². The fourth-order valence-electron chi connectivity index (χ4n) is 5.69. The summed E-state index contributed by atoms with van der Waals surface area (Å²) in [5.41, 5.74) is 10.1. The van der Waals surface area contributed by atoms with Crippen molar-refractivity contribution in [2.75, 3.05) is 31.9 Å². The number of nitrogen functional groups attached to an aromatic ring is 1. The molecular formula is C32H40N6O2. The molecule has 0 saturated heterocycles. The fourth-order valence-corrected chi connectivity index (χ4v) is 5.69. The van der Waals surface area contributed by atoms with Gasteiger partial charge in [-0.3, -0.25) is 9.20 Å². The summed E-state index contributed by atoms with van der Waals surface area (Å²) in [6.45, 7) is 8.40. The number of hydrogen-bond donors (Lipinski definition) is 2. The van der Waals surface area contributed by atoms with Crippen LogP contribution in [0.4, 0.5) is 5.82 Å². The number of nitrogens with two attached hydrogens (primary N) is 1. The molecule has 0 aliphatic heterocycles. The smallest absolute Gasteiger partial charge is 0.223 e. The molecular weight excluding hydrogens is 500 g/mol. The first kappa shape index (κ1) is 27.6. The Morgan fingerprint density at radius 3 is 2.60 bits per heavy atom. The number of benzene rings is 2. The van der Waals surface area contributed by atoms with Gasteiger partial charge >= 0.3 is 0 Å². The summed E-state index contributed by atoms with van der Waals surface area (Å²) in [5, 5.41) is 3.16. The molecule has 2 aromatic heterocycles. The van der Waals surface area contributed by atoms with Crippen LogP contribution < -0.4 is 15.8 Å². The van der Waals surface area contributed by atoms with Crippen LogP contribution in [-0.4, -0.2) is 51.4 Å². The zero-order valence-corrected chi connectivity index (χ0v) is 23.6. The van der Waals surface area contributed by atoms with Crippen molar-refractivity contribution in [1.82, 2.24) is 24.6 Å². The highest BCUT2D eigenvalue weighted by Crippen LogP contribution is 2.39. The first-order chi connectivity index (χ1) is 19.6. The molecule has 210 valence electrons. The molecule has 8 nitrogen and oxygen atoms in total. The maximum atomic E-state index is 12.8. The van der Waals surface area contributed by atoms with Gasteiger partial charge in [0.1, 0.15) is 35.2 Å². The van der Waals surface area contributed by atoms with Crippen molar-refractivity contribution in [1.29, 1.82) is 0 Å². The summed E-state index contributed by atoms with van der Waals surface area (Å²) in [6.07, 6.45) is 7.21. The third-order valence-corrected chi connectivity index (χ3v) is 8.05. The van der Waals surface area contributed by atoms with E-state index in [1.165, 1.54) is 0 Å². The van der Waals surface area contributed by atoms with Gasteiger partial charge < -0.3 is 20.7 Å². The van der Waals surface area contributed by atoms with Crippen LogP contribution in [0.1, 0.15) is 56.8 Å². The number of aromatic nitrogens is 3. The number of hydrogen-bond acceptors (Lipinski definition) is 6. The van der Waals surface area contributed by atoms with Crippen molar-refractivity contribution in [3.05, 3.63) is 78.4 Å². The van der Waals surface area contributed by atoms with Crippen LogP contribution in [-0.2, 0) is 11.4 Å². The lowest BCUT2D eigenvalue weighted by Gasteiger charge is -2.27. The number of rotatable bonds is 11. The lowest BCUT2D eigenvalue weighted by atomic mass is 9.81. The van der Waals surface area contributed by atoms with Crippen molar-refractivity contribution in [2.45, 2.75) is 52.1 Å². The molecule has 1 fully saturated rings. The van der Waals surface area contributed by atoms with E-state index in [1.54, 1.807) is 6.20 Å². The maximum absolute atomic E-state index is 12.8. The molecule has 2 heterocycles. The number of amides is 1. The summed E-state index contributed by atoms with van der Waals surface area (Å²) < 4.78 is 8.17. The minimum atomic E-state index is 0.0591. The highest BCUT2D eigenvalue weighted by atomic mass is 16.5. The highest BCUT2D eigenvalue weighted by molar-refractivity contribution is 5.85. The van der Waals surface area contributed by atoms with Crippen LogP contribution in [0.2, 0.25) is 0 Å². The van der Waals surface area contributed by atoms with E-state index >= 15 is 0 Å². The van der Waals surface area contributed by atoms with Crippen LogP contribution in [0.3, 0.4) is 0 Å². The largest absolute Gasteiger partial charge is 0.489 e. The van der Waals surface area contributed by atoms with Gasteiger partial charge in [0.25, 0.3) is 0 Å². The minimum absolute atomic E-state index is 0.0591. The van der Waals surface area contributed by atoms with Gasteiger partial charge in [-0.1, -0.05) is 56.3 Å². The molecule has 1 aliphatic carbocycles. The Bertz CT molecular complexity index is 1410. The third kappa shape index (κ3) is 6.28. The summed E-state index contributed by atoms with van der Waals surface area (Å²) in [6, 6.07) is 18.1. The molecule has 5 rings (SSSR count). The molecule has 0 unspecified atom stereocenters. The van der Waals surface area contributed by atoms with E-state index in [0.29, 0.717) is 19.0 Å². The predicted molar refractivity (Wildman–Crippen MR) is 159 cm³/mol. The van der Waals surface area contributed by atoms with Gasteiger partial charge in [0.2, 0.25) is 5.91 Å². The standard InChI is InChI=1S/C32H40N6O2/c1-3-37(4-2)19-17-35-32(39)25-15-13-24(14-16-25)31-36-28(29-30(33)34-18-20-38(29)31)26-11-8-12-27(21-26)40-22-23-9-6-5-7-10-23/h5-12,18,20-21,24-25H,3-4,13-17,19,22H2,1-2H3,(H2,33,34)(H,35,39). The monoisotopic (exact) mass is 540 g/mol. The van der Waals surface area contributed by atoms with E-state index in [-0.39, 0.29) is 17.7 Å². The van der Waals surface area contributed by atoms with Gasteiger partial charge in [-0.15, -0.1) is 0 Å². The molecule has 1 aliphatic rings. The van der Waals surface area contributed by atoms with Crippen LogP contribution in [0.25, 0.3) is 16.8 Å². The van der Waals surface area contributed by atoms with Crippen LogP contribution in [0, 0.1) is 5.92 Å². The third-order valence-electron chi connectivity index (χ3n) is 8.05. The number of likely N-dealkylation sites (N-methyl/N-ethyl adjacent to an activating group) is 1. The number of carbonyl (C=O) groups excluding carboxylic acids is 1. The molecule has 2 aromatic carbocycles. The van der Waals surface area contributed by atoms with Crippen LogP contribution >= 0.6 is 0 Å². The van der Waals surface area contributed by atoms with E-state index in [0.717, 1.165) is 79.2 Å². The Hall–Kier alpha value is -3.91. The zero-order valence-electron chi connectivity index (χ0n) is 23.6. The number of imidazole rings is 1. The average molecular weight is 541 g/mol. The molecule has 0 radical (unpaired) electrons. The number of nitrogens with zero attached hydrogens (tertiary/aromatic N) is 4. The molecule has 0 atom stereocenters. The number of ether oxygens (including phenoxy) is 1. The van der Waals surface area contributed by atoms with Gasteiger partial charge in [-0.2, -0.15) is 0 Å². The molecule has 1 saturated carbocycles. The second-order valence-electron chi connectivity index (χ2n) is 10.5. The lowest BCUT2D eigenvalue weighted by molar-refractivity contribution is -0.126. The maximum Gasteiger partial charge on any atom is 0.223 e. The van der Waals surface area contributed by atoms with Crippen LogP contribution in [0.5, 0.6) is 5.75 Å². The topological polar surface area (TPSA) is 97.8 Å². The molecule has 1 amide bonds. The van der Waals surface area contributed by atoms with Crippen molar-refractivity contribution < 1.29 is 9.53 Å². The zero-order chi connectivity index (χ0) is 27.9. The van der Waals surface area contributed by atoms with E-state index < -0.39 is 0 Å². The second-order valence-corrected chi connectivity index (χ2v) is 10.5. The summed E-state index contributed by atoms with van der Waals surface area (Å²) in [7, 11) is 0. The molecule has 4 aromatic rings. The summed E-state index contributed by atoms with van der Waals surface area (Å²) in [4.78, 5) is 24.7. The van der Waals surface area contributed by atoms with Crippen LogP contribution in [0.15, 0.2) is 67.0 Å². The Balaban J connectivity index is 1.30. The summed E-state index contributed by atoms with van der Waals surface area (Å²) >= 11 is 0. The minimum Gasteiger partial charge on any atom is -0.489 e. The Morgan fingerprint density at radius 1 is 1.07 bits per heavy atom. The van der Waals surface area contributed by atoms with Gasteiger partial charge in [-0.25, -0.2) is 9.97 Å². The van der Waals surface area contributed by atoms with Gasteiger partial charge in [0, 0.05) is 42.9 Å². The number of fused-ring (bicyclic) bond motifs is 1. The van der Waals surface area contributed by atoms with E-state index in [9.17, 15) is 4.79 Å². The normalized spacial score (nSPS) is 17.3. The molecule has 0 bridgehead atoms. The lowest BCUT2D eigenvalue weighted by Crippen LogP contribution is -2.38. The molecule has 0 spiro atoms. The first-order valence-electron chi connectivity index (χ1n) is 14.5. The fraction of sp³-hybridized carbons (Fsp3) is 0.406. The molecule has 3 N–H and O–H groups in total. The summed E-state index contributed by atoms with van der Waals surface area (Å²) in [5.74, 6) is 2.70. The number of anilines is 1. The Morgan fingerprint density at radius 2 is 1.85 bits per heavy atom. The SMILES string of the molecule is CCN(CC)CCNC(=O)C1CCC(c2nc(-c3cccc(OCc4ccccc4)c3)c3c(N)nccn23)CC1. The Kier molecular flexibility index (Phi) is 8.96. The van der Waals surface area contributed by atoms with Crippen molar-refractivity contribution in [2.24, 2.45) is 5.92 Å². The quantitative estimate of drug-likeness (QED) is 0.268. The molecule has 8 heteroatoms. The van der Waals surface area contributed by atoms with Gasteiger partial charge in [0.15, 0.2) is 0 Å².